The number of fused-ring (bicyclic) bond motifs is 1. The van der Waals surface area contributed by atoms with Crippen LogP contribution in [0.1, 0.15) is 5.56 Å². The molecule has 2 rings (SSSR count). The van der Waals surface area contributed by atoms with E-state index in [9.17, 15) is 9.59 Å². The summed E-state index contributed by atoms with van der Waals surface area (Å²) in [5, 5.41) is 11.5. The number of hydrogen-bond donors (Lipinski definition) is 2. The van der Waals surface area contributed by atoms with Gasteiger partial charge in [0.2, 0.25) is 0 Å². The summed E-state index contributed by atoms with van der Waals surface area (Å²) in [6.45, 7) is 1.80. The van der Waals surface area contributed by atoms with E-state index in [2.05, 4.69) is 5.32 Å². The van der Waals surface area contributed by atoms with Gasteiger partial charge in [0.1, 0.15) is 5.58 Å². The van der Waals surface area contributed by atoms with Crippen LogP contribution < -0.4 is 10.9 Å². The number of amides is 1. The van der Waals surface area contributed by atoms with E-state index in [1.54, 1.807) is 19.1 Å². The van der Waals surface area contributed by atoms with E-state index in [1.807, 2.05) is 0 Å². The highest BCUT2D eigenvalue weighted by Gasteiger charge is 2.04. The van der Waals surface area contributed by atoms with Gasteiger partial charge in [-0.15, -0.1) is 0 Å². The van der Waals surface area contributed by atoms with Crippen LogP contribution in [0.15, 0.2) is 33.5 Å². The minimum atomic E-state index is -1.16. The Kier molecular flexibility index (Phi) is 2.36. The van der Waals surface area contributed by atoms with Gasteiger partial charge in [0, 0.05) is 23.2 Å². The summed E-state index contributed by atoms with van der Waals surface area (Å²) in [5.41, 5.74) is 1.09. The number of nitrogens with one attached hydrogen (secondary N) is 1. The van der Waals surface area contributed by atoms with Crippen molar-refractivity contribution in [3.8, 4) is 0 Å². The fraction of sp³-hybridized carbons (Fsp3) is 0.0909. The lowest BCUT2D eigenvalue weighted by Crippen LogP contribution is -2.07. The molecular formula is C11H9NO4. The first-order valence-electron chi connectivity index (χ1n) is 4.61. The summed E-state index contributed by atoms with van der Waals surface area (Å²) in [6.07, 6.45) is -1.16. The second-order valence-corrected chi connectivity index (χ2v) is 3.39. The van der Waals surface area contributed by atoms with Crippen LogP contribution in [-0.4, -0.2) is 11.2 Å². The average Bonchev–Trinajstić information content (AvgIpc) is 2.15. The molecule has 16 heavy (non-hydrogen) atoms. The number of carbonyl (C=O) groups is 1. The van der Waals surface area contributed by atoms with Crippen LogP contribution in [-0.2, 0) is 0 Å². The van der Waals surface area contributed by atoms with Crippen LogP contribution >= 0.6 is 0 Å². The molecule has 1 heterocycles. The maximum absolute atomic E-state index is 11.1. The van der Waals surface area contributed by atoms with E-state index >= 15 is 0 Å². The Morgan fingerprint density at radius 1 is 1.38 bits per heavy atom. The van der Waals surface area contributed by atoms with Gasteiger partial charge in [0.15, 0.2) is 0 Å². The number of carboxylic acid groups (broad SMARTS) is 1. The molecule has 0 unspecified atom stereocenters. The Labute approximate surface area is 90.3 Å². The molecule has 0 aliphatic heterocycles. The van der Waals surface area contributed by atoms with Crippen LogP contribution in [0.25, 0.3) is 11.0 Å². The fourth-order valence-electron chi connectivity index (χ4n) is 1.53. The van der Waals surface area contributed by atoms with Gasteiger partial charge in [-0.2, -0.15) is 0 Å². The van der Waals surface area contributed by atoms with Crippen LogP contribution in [0.4, 0.5) is 10.5 Å². The van der Waals surface area contributed by atoms with Gasteiger partial charge in [-0.05, 0) is 24.6 Å². The topological polar surface area (TPSA) is 79.5 Å². The second kappa shape index (κ2) is 3.69. The predicted molar refractivity (Wildman–Crippen MR) is 58.9 cm³/mol. The van der Waals surface area contributed by atoms with Gasteiger partial charge in [0.05, 0.1) is 0 Å². The molecule has 0 aliphatic rings. The first-order chi connectivity index (χ1) is 7.56. The van der Waals surface area contributed by atoms with E-state index < -0.39 is 11.7 Å². The minimum absolute atomic E-state index is 0.369. The zero-order valence-corrected chi connectivity index (χ0v) is 8.48. The minimum Gasteiger partial charge on any atom is -0.465 e. The van der Waals surface area contributed by atoms with Crippen molar-refractivity contribution in [3.05, 3.63) is 40.2 Å². The van der Waals surface area contributed by atoms with E-state index in [0.717, 1.165) is 10.9 Å². The smallest absolute Gasteiger partial charge is 0.409 e. The lowest BCUT2D eigenvalue weighted by molar-refractivity contribution is 0.210. The van der Waals surface area contributed by atoms with Crippen molar-refractivity contribution >= 4 is 22.7 Å². The predicted octanol–water partition coefficient (Wildman–Crippen LogP) is 2.19. The highest BCUT2D eigenvalue weighted by molar-refractivity contribution is 5.88. The van der Waals surface area contributed by atoms with Crippen LogP contribution in [0.3, 0.4) is 0 Å². The van der Waals surface area contributed by atoms with Gasteiger partial charge < -0.3 is 9.52 Å². The fourth-order valence-corrected chi connectivity index (χ4v) is 1.53. The quantitative estimate of drug-likeness (QED) is 0.720. The molecule has 5 heteroatoms. The summed E-state index contributed by atoms with van der Waals surface area (Å²) >= 11 is 0. The third-order valence-corrected chi connectivity index (χ3v) is 2.20. The SMILES string of the molecule is Cc1cc(=O)oc2cc(NC(=O)O)ccc12. The lowest BCUT2D eigenvalue weighted by Gasteiger charge is -2.03. The van der Waals surface area contributed by atoms with Crippen LogP contribution in [0.5, 0.6) is 0 Å². The van der Waals surface area contributed by atoms with Crippen molar-refractivity contribution in [1.29, 1.82) is 0 Å². The first kappa shape index (κ1) is 10.2. The molecule has 5 nitrogen and oxygen atoms in total. The molecule has 0 fully saturated rings. The van der Waals surface area contributed by atoms with E-state index in [4.69, 9.17) is 9.52 Å². The highest BCUT2D eigenvalue weighted by atomic mass is 16.4. The monoisotopic (exact) mass is 219 g/mol. The third-order valence-electron chi connectivity index (χ3n) is 2.20. The number of rotatable bonds is 1. The Hall–Kier alpha value is -2.30. The molecule has 0 saturated heterocycles. The third kappa shape index (κ3) is 1.88. The summed E-state index contributed by atoms with van der Waals surface area (Å²) < 4.78 is 4.98. The molecule has 2 N–H and O–H groups in total. The number of benzene rings is 1. The van der Waals surface area contributed by atoms with Gasteiger partial charge in [-0.25, -0.2) is 9.59 Å². The molecule has 0 spiro atoms. The number of anilines is 1. The zero-order chi connectivity index (χ0) is 11.7. The average molecular weight is 219 g/mol. The van der Waals surface area contributed by atoms with Crippen molar-refractivity contribution < 1.29 is 14.3 Å². The molecule has 0 atom stereocenters. The maximum Gasteiger partial charge on any atom is 0.409 e. The summed E-state index contributed by atoms with van der Waals surface area (Å²) in [4.78, 5) is 21.6. The Morgan fingerprint density at radius 2 is 2.12 bits per heavy atom. The van der Waals surface area contributed by atoms with Gasteiger partial charge in [-0.3, -0.25) is 5.32 Å². The summed E-state index contributed by atoms with van der Waals surface area (Å²) in [6, 6.07) is 6.20. The normalized spacial score (nSPS) is 10.3. The summed E-state index contributed by atoms with van der Waals surface area (Å²) in [7, 11) is 0. The van der Waals surface area contributed by atoms with E-state index in [0.29, 0.717) is 11.3 Å². The van der Waals surface area contributed by atoms with Crippen LogP contribution in [0.2, 0.25) is 0 Å². The molecule has 0 saturated carbocycles. The van der Waals surface area contributed by atoms with Gasteiger partial charge in [-0.1, -0.05) is 0 Å². The first-order valence-corrected chi connectivity index (χ1v) is 4.61. The van der Waals surface area contributed by atoms with Crippen molar-refractivity contribution in [3.63, 3.8) is 0 Å². The second-order valence-electron chi connectivity index (χ2n) is 3.39. The van der Waals surface area contributed by atoms with Gasteiger partial charge in [0.25, 0.3) is 0 Å². The largest absolute Gasteiger partial charge is 0.465 e. The molecule has 1 aromatic heterocycles. The zero-order valence-electron chi connectivity index (χ0n) is 8.48. The molecule has 1 amide bonds. The molecule has 2 aromatic rings. The highest BCUT2D eigenvalue weighted by Crippen LogP contribution is 2.20. The molecule has 82 valence electrons. The Morgan fingerprint density at radius 3 is 2.81 bits per heavy atom. The van der Waals surface area contributed by atoms with Gasteiger partial charge >= 0.3 is 11.7 Å². The standard InChI is InChI=1S/C11H9NO4/c1-6-4-10(13)16-9-5-7(12-11(14)15)2-3-8(6)9/h2-5,12H,1H3,(H,14,15). The molecule has 0 aliphatic carbocycles. The lowest BCUT2D eigenvalue weighted by atomic mass is 10.1. The molecule has 1 aromatic carbocycles. The maximum atomic E-state index is 11.1. The number of aryl methyl sites for hydroxylation is 1. The summed E-state index contributed by atoms with van der Waals surface area (Å²) in [5.74, 6) is 0. The molecule has 0 radical (unpaired) electrons. The van der Waals surface area contributed by atoms with E-state index in [1.165, 1.54) is 12.1 Å². The molecule has 0 bridgehead atoms. The van der Waals surface area contributed by atoms with Crippen molar-refractivity contribution in [2.45, 2.75) is 6.92 Å². The van der Waals surface area contributed by atoms with Crippen LogP contribution in [0, 0.1) is 6.92 Å². The Bertz CT molecular complexity index is 615. The number of hydrogen-bond acceptors (Lipinski definition) is 3. The van der Waals surface area contributed by atoms with Crippen molar-refractivity contribution in [2.24, 2.45) is 0 Å². The van der Waals surface area contributed by atoms with Crippen molar-refractivity contribution in [1.82, 2.24) is 0 Å². The van der Waals surface area contributed by atoms with E-state index in [-0.39, 0.29) is 0 Å². The molecular weight excluding hydrogens is 210 g/mol. The van der Waals surface area contributed by atoms with Crippen molar-refractivity contribution in [2.75, 3.05) is 5.32 Å². The Balaban J connectivity index is 2.61.